The molecule has 17 heavy (non-hydrogen) atoms. The van der Waals surface area contributed by atoms with Crippen LogP contribution in [0.5, 0.6) is 0 Å². The monoisotopic (exact) mass is 227 g/mol. The normalized spacial score (nSPS) is 9.88. The Morgan fingerprint density at radius 2 is 2.00 bits per heavy atom. The van der Waals surface area contributed by atoms with E-state index in [0.29, 0.717) is 5.82 Å². The van der Waals surface area contributed by atoms with Gasteiger partial charge in [-0.05, 0) is 29.3 Å². The molecule has 0 atom stereocenters. The van der Waals surface area contributed by atoms with Gasteiger partial charge < -0.3 is 5.73 Å². The van der Waals surface area contributed by atoms with E-state index >= 15 is 0 Å². The van der Waals surface area contributed by atoms with Crippen LogP contribution < -0.4 is 5.73 Å². The number of halogens is 1. The third kappa shape index (κ3) is 2.40. The Morgan fingerprint density at radius 3 is 2.65 bits per heavy atom. The summed E-state index contributed by atoms with van der Waals surface area (Å²) in [5.41, 5.74) is 8.07. The minimum atomic E-state index is -0.298. The minimum Gasteiger partial charge on any atom is -0.383 e. The van der Waals surface area contributed by atoms with Crippen molar-refractivity contribution in [1.29, 1.82) is 5.26 Å². The van der Waals surface area contributed by atoms with Crippen LogP contribution in [0.25, 0.3) is 11.1 Å². The Balaban J connectivity index is 2.47. The first kappa shape index (κ1) is 11.1. The van der Waals surface area contributed by atoms with Gasteiger partial charge in [-0.2, -0.15) is 5.26 Å². The summed E-state index contributed by atoms with van der Waals surface area (Å²) in [6.07, 6.45) is 1.85. The molecule has 0 aliphatic carbocycles. The van der Waals surface area contributed by atoms with E-state index in [9.17, 15) is 4.39 Å². The lowest BCUT2D eigenvalue weighted by Gasteiger charge is -2.06. The third-order valence-corrected chi connectivity index (χ3v) is 2.41. The first-order valence-electron chi connectivity index (χ1n) is 5.08. The second-order valence-corrected chi connectivity index (χ2v) is 3.62. The van der Waals surface area contributed by atoms with Crippen molar-refractivity contribution in [2.24, 2.45) is 0 Å². The molecule has 0 bridgehead atoms. The maximum Gasteiger partial charge on any atom is 0.131 e. The molecule has 1 aromatic heterocycles. The van der Waals surface area contributed by atoms with Crippen molar-refractivity contribution in [2.45, 2.75) is 6.42 Å². The zero-order valence-electron chi connectivity index (χ0n) is 9.02. The predicted octanol–water partition coefficient (Wildman–Crippen LogP) is 2.54. The molecule has 0 radical (unpaired) electrons. The number of nitrogens with two attached hydrogens (primary N) is 1. The smallest absolute Gasteiger partial charge is 0.131 e. The summed E-state index contributed by atoms with van der Waals surface area (Å²) in [5.74, 6) is 0.0757. The van der Waals surface area contributed by atoms with Crippen LogP contribution >= 0.6 is 0 Å². The summed E-state index contributed by atoms with van der Waals surface area (Å²) in [4.78, 5) is 4.03. The molecule has 4 heteroatoms. The number of hydrogen-bond donors (Lipinski definition) is 1. The van der Waals surface area contributed by atoms with Crippen molar-refractivity contribution in [3.63, 3.8) is 0 Å². The van der Waals surface area contributed by atoms with Crippen LogP contribution in [0.3, 0.4) is 0 Å². The summed E-state index contributed by atoms with van der Waals surface area (Å²) in [6.45, 7) is 0. The largest absolute Gasteiger partial charge is 0.383 e. The summed E-state index contributed by atoms with van der Waals surface area (Å²) in [7, 11) is 0. The third-order valence-electron chi connectivity index (χ3n) is 2.41. The quantitative estimate of drug-likeness (QED) is 0.857. The summed E-state index contributed by atoms with van der Waals surface area (Å²) >= 11 is 0. The molecule has 2 N–H and O–H groups in total. The second kappa shape index (κ2) is 4.62. The molecular formula is C13H10FN3. The van der Waals surface area contributed by atoms with Crippen molar-refractivity contribution >= 4 is 5.82 Å². The highest BCUT2D eigenvalue weighted by Crippen LogP contribution is 2.25. The SMILES string of the molecule is N#CCc1cnc(N)c(-c2ccc(F)cc2)c1. The molecule has 84 valence electrons. The lowest BCUT2D eigenvalue weighted by Crippen LogP contribution is -1.96. The van der Waals surface area contributed by atoms with Gasteiger partial charge in [0.05, 0.1) is 12.5 Å². The predicted molar refractivity (Wildman–Crippen MR) is 63.4 cm³/mol. The van der Waals surface area contributed by atoms with Crippen LogP contribution in [0.15, 0.2) is 36.5 Å². The fourth-order valence-corrected chi connectivity index (χ4v) is 1.57. The fourth-order valence-electron chi connectivity index (χ4n) is 1.57. The van der Waals surface area contributed by atoms with E-state index in [1.54, 1.807) is 24.4 Å². The Hall–Kier alpha value is -2.41. The van der Waals surface area contributed by atoms with Gasteiger partial charge in [0.25, 0.3) is 0 Å². The van der Waals surface area contributed by atoms with Gasteiger partial charge in [0.2, 0.25) is 0 Å². The van der Waals surface area contributed by atoms with Crippen molar-refractivity contribution in [2.75, 3.05) is 5.73 Å². The van der Waals surface area contributed by atoms with Crippen molar-refractivity contribution in [3.8, 4) is 17.2 Å². The average molecular weight is 227 g/mol. The number of nitriles is 1. The van der Waals surface area contributed by atoms with Crippen molar-refractivity contribution in [3.05, 3.63) is 47.9 Å². The first-order chi connectivity index (χ1) is 8.20. The Labute approximate surface area is 98.3 Å². The van der Waals surface area contributed by atoms with E-state index in [1.807, 2.05) is 0 Å². The highest BCUT2D eigenvalue weighted by Gasteiger charge is 2.05. The molecular weight excluding hydrogens is 217 g/mol. The Kier molecular flexibility index (Phi) is 3.01. The molecule has 0 unspecified atom stereocenters. The summed E-state index contributed by atoms with van der Waals surface area (Å²) in [5, 5.41) is 8.63. The molecule has 1 aromatic carbocycles. The second-order valence-electron chi connectivity index (χ2n) is 3.62. The topological polar surface area (TPSA) is 62.7 Å². The average Bonchev–Trinajstić information content (AvgIpc) is 2.33. The fraction of sp³-hybridized carbons (Fsp3) is 0.0769. The molecule has 0 spiro atoms. The van der Waals surface area contributed by atoms with Crippen molar-refractivity contribution in [1.82, 2.24) is 4.98 Å². The van der Waals surface area contributed by atoms with Crippen molar-refractivity contribution < 1.29 is 4.39 Å². The van der Waals surface area contributed by atoms with Gasteiger partial charge in [-0.15, -0.1) is 0 Å². The Bertz CT molecular complexity index is 570. The van der Waals surface area contributed by atoms with E-state index in [0.717, 1.165) is 16.7 Å². The van der Waals surface area contributed by atoms with Crippen LogP contribution in [0, 0.1) is 17.1 Å². The van der Waals surface area contributed by atoms with Gasteiger partial charge in [0, 0.05) is 11.8 Å². The van der Waals surface area contributed by atoms with Gasteiger partial charge in [0.15, 0.2) is 0 Å². The number of rotatable bonds is 2. The van der Waals surface area contributed by atoms with Crippen LogP contribution in [0.4, 0.5) is 10.2 Å². The molecule has 0 aliphatic rings. The van der Waals surface area contributed by atoms with Crippen LogP contribution in [0.1, 0.15) is 5.56 Å². The van der Waals surface area contributed by atoms with E-state index in [2.05, 4.69) is 11.1 Å². The van der Waals surface area contributed by atoms with E-state index in [-0.39, 0.29) is 12.2 Å². The minimum absolute atomic E-state index is 0.279. The van der Waals surface area contributed by atoms with E-state index in [1.165, 1.54) is 12.1 Å². The lowest BCUT2D eigenvalue weighted by atomic mass is 10.0. The van der Waals surface area contributed by atoms with Gasteiger partial charge in [-0.3, -0.25) is 0 Å². The van der Waals surface area contributed by atoms with Crippen LogP contribution in [-0.2, 0) is 6.42 Å². The number of hydrogen-bond acceptors (Lipinski definition) is 3. The number of anilines is 1. The van der Waals surface area contributed by atoms with E-state index < -0.39 is 0 Å². The molecule has 0 saturated heterocycles. The van der Waals surface area contributed by atoms with Gasteiger partial charge in [-0.25, -0.2) is 9.37 Å². The summed E-state index contributed by atoms with van der Waals surface area (Å²) in [6, 6.07) is 9.86. The number of benzene rings is 1. The number of aromatic nitrogens is 1. The number of nitrogens with zero attached hydrogens (tertiary/aromatic N) is 2. The molecule has 0 aliphatic heterocycles. The highest BCUT2D eigenvalue weighted by molar-refractivity contribution is 5.74. The van der Waals surface area contributed by atoms with E-state index in [4.69, 9.17) is 11.0 Å². The number of pyridine rings is 1. The molecule has 1 heterocycles. The molecule has 2 aromatic rings. The highest BCUT2D eigenvalue weighted by atomic mass is 19.1. The molecule has 0 fully saturated rings. The standard InChI is InChI=1S/C13H10FN3/c14-11-3-1-10(2-4-11)12-7-9(5-6-15)8-17-13(12)16/h1-4,7-8H,5H2,(H2,16,17). The first-order valence-corrected chi connectivity index (χ1v) is 5.08. The molecule has 0 amide bonds. The van der Waals surface area contributed by atoms with Gasteiger partial charge >= 0.3 is 0 Å². The maximum atomic E-state index is 12.8. The van der Waals surface area contributed by atoms with Gasteiger partial charge in [0.1, 0.15) is 11.6 Å². The maximum absolute atomic E-state index is 12.8. The lowest BCUT2D eigenvalue weighted by molar-refractivity contribution is 0.628. The van der Waals surface area contributed by atoms with Crippen LogP contribution in [0.2, 0.25) is 0 Å². The zero-order valence-corrected chi connectivity index (χ0v) is 9.02. The Morgan fingerprint density at radius 1 is 1.29 bits per heavy atom. The van der Waals surface area contributed by atoms with Crippen LogP contribution in [-0.4, -0.2) is 4.98 Å². The number of nitrogen functional groups attached to an aromatic ring is 1. The zero-order chi connectivity index (χ0) is 12.3. The molecule has 3 nitrogen and oxygen atoms in total. The van der Waals surface area contributed by atoms with Gasteiger partial charge in [-0.1, -0.05) is 12.1 Å². The molecule has 2 rings (SSSR count). The molecule has 0 saturated carbocycles. The summed E-state index contributed by atoms with van der Waals surface area (Å²) < 4.78 is 12.8.